The molecule has 1 aliphatic carbocycles. The van der Waals surface area contributed by atoms with Crippen molar-refractivity contribution in [2.24, 2.45) is 0 Å². The molecule has 1 aliphatic heterocycles. The number of halogens is 6. The number of carbonyl (C=O) groups is 1. The van der Waals surface area contributed by atoms with Crippen LogP contribution < -0.4 is 0 Å². The quantitative estimate of drug-likeness (QED) is 0.525. The average Bonchev–Trinajstić information content (AvgIpc) is 3.48. The lowest BCUT2D eigenvalue weighted by Gasteiger charge is -2.35. The van der Waals surface area contributed by atoms with Gasteiger partial charge in [-0.15, -0.1) is 0 Å². The minimum atomic E-state index is -4.56. The normalized spacial score (nSPS) is 17.9. The molecule has 0 N–H and O–H groups in total. The first kappa shape index (κ1) is 22.9. The standard InChI is InChI=1S/C20H20BrCl2F3N4O/c21-17-18(13-2-3-13)30(27-19(17)20(24,25)26)11-16(31)29-7-5-28(6-8-29)10-12-1-4-14(22)15(23)9-12/h1,4,9,13H,2-3,5-8,10-11H2. The third-order valence-corrected chi connectivity index (χ3v) is 7.09. The van der Waals surface area contributed by atoms with E-state index in [0.29, 0.717) is 48.5 Å². The second kappa shape index (κ2) is 8.92. The molecule has 0 unspecified atom stereocenters. The lowest BCUT2D eigenvalue weighted by molar-refractivity contribution is -0.142. The van der Waals surface area contributed by atoms with Crippen LogP contribution in [0.25, 0.3) is 0 Å². The maximum absolute atomic E-state index is 13.3. The first-order valence-corrected chi connectivity index (χ1v) is 11.5. The van der Waals surface area contributed by atoms with Gasteiger partial charge < -0.3 is 4.90 Å². The van der Waals surface area contributed by atoms with Crippen LogP contribution in [0.4, 0.5) is 13.2 Å². The molecule has 2 aliphatic rings. The van der Waals surface area contributed by atoms with Crippen molar-refractivity contribution in [3.05, 3.63) is 49.7 Å². The molecule has 2 aromatic rings. The van der Waals surface area contributed by atoms with E-state index < -0.39 is 11.9 Å². The minimum absolute atomic E-state index is 0.0221. The molecule has 0 radical (unpaired) electrons. The second-order valence-corrected chi connectivity index (χ2v) is 9.49. The predicted molar refractivity (Wildman–Crippen MR) is 115 cm³/mol. The number of nitrogens with zero attached hydrogens (tertiary/aromatic N) is 4. The number of benzene rings is 1. The monoisotopic (exact) mass is 538 g/mol. The van der Waals surface area contributed by atoms with Crippen LogP contribution in [0, 0.1) is 0 Å². The molecule has 1 aromatic carbocycles. The van der Waals surface area contributed by atoms with Gasteiger partial charge in [-0.05, 0) is 46.5 Å². The number of hydrogen-bond acceptors (Lipinski definition) is 3. The number of alkyl halides is 3. The highest BCUT2D eigenvalue weighted by Crippen LogP contribution is 2.47. The van der Waals surface area contributed by atoms with Crippen molar-refractivity contribution in [3.63, 3.8) is 0 Å². The Kier molecular flexibility index (Phi) is 6.59. The highest BCUT2D eigenvalue weighted by atomic mass is 79.9. The Balaban J connectivity index is 1.38. The van der Waals surface area contributed by atoms with E-state index in [0.717, 1.165) is 18.4 Å². The molecule has 1 amide bonds. The van der Waals surface area contributed by atoms with Crippen LogP contribution in [0.5, 0.6) is 0 Å². The first-order valence-electron chi connectivity index (χ1n) is 9.91. The van der Waals surface area contributed by atoms with Gasteiger partial charge >= 0.3 is 6.18 Å². The summed E-state index contributed by atoms with van der Waals surface area (Å²) in [6.07, 6.45) is -2.95. The summed E-state index contributed by atoms with van der Waals surface area (Å²) in [6.45, 7) is 2.84. The molecule has 0 bridgehead atoms. The summed E-state index contributed by atoms with van der Waals surface area (Å²) in [5, 5.41) is 4.73. The molecule has 5 nitrogen and oxygen atoms in total. The third kappa shape index (κ3) is 5.21. The summed E-state index contributed by atoms with van der Waals surface area (Å²) in [4.78, 5) is 16.7. The molecule has 11 heteroatoms. The molecule has 4 rings (SSSR count). The summed E-state index contributed by atoms with van der Waals surface area (Å²) >= 11 is 15.1. The highest BCUT2D eigenvalue weighted by Gasteiger charge is 2.42. The van der Waals surface area contributed by atoms with Crippen molar-refractivity contribution in [3.8, 4) is 0 Å². The van der Waals surface area contributed by atoms with Crippen LogP contribution in [0.3, 0.4) is 0 Å². The van der Waals surface area contributed by atoms with Crippen molar-refractivity contribution in [1.29, 1.82) is 0 Å². The molecule has 31 heavy (non-hydrogen) atoms. The van der Waals surface area contributed by atoms with Crippen LogP contribution in [-0.2, 0) is 24.1 Å². The maximum Gasteiger partial charge on any atom is 0.436 e. The lowest BCUT2D eigenvalue weighted by atomic mass is 10.2. The summed E-state index contributed by atoms with van der Waals surface area (Å²) in [5.74, 6) is -0.200. The predicted octanol–water partition coefficient (Wildman–Crippen LogP) is 5.19. The molecule has 1 saturated carbocycles. The van der Waals surface area contributed by atoms with Crippen molar-refractivity contribution >= 4 is 45.0 Å². The highest BCUT2D eigenvalue weighted by molar-refractivity contribution is 9.10. The average molecular weight is 540 g/mol. The van der Waals surface area contributed by atoms with Crippen molar-refractivity contribution < 1.29 is 18.0 Å². The summed E-state index contributed by atoms with van der Waals surface area (Å²) in [7, 11) is 0. The van der Waals surface area contributed by atoms with Crippen LogP contribution in [-0.4, -0.2) is 51.7 Å². The lowest BCUT2D eigenvalue weighted by Crippen LogP contribution is -2.49. The van der Waals surface area contributed by atoms with Gasteiger partial charge in [-0.25, -0.2) is 0 Å². The molecular formula is C20H20BrCl2F3N4O. The van der Waals surface area contributed by atoms with E-state index >= 15 is 0 Å². The molecule has 1 aromatic heterocycles. The fourth-order valence-electron chi connectivity index (χ4n) is 3.78. The van der Waals surface area contributed by atoms with Crippen LogP contribution in [0.2, 0.25) is 10.0 Å². The number of hydrogen-bond donors (Lipinski definition) is 0. The summed E-state index contributed by atoms with van der Waals surface area (Å²) < 4.78 is 41.0. The molecule has 2 heterocycles. The van der Waals surface area contributed by atoms with Crippen molar-refractivity contribution in [1.82, 2.24) is 19.6 Å². The van der Waals surface area contributed by atoms with Crippen LogP contribution >= 0.6 is 39.1 Å². The van der Waals surface area contributed by atoms with Gasteiger partial charge in [0, 0.05) is 38.6 Å². The first-order chi connectivity index (χ1) is 14.6. The van der Waals surface area contributed by atoms with Crippen molar-refractivity contribution in [2.75, 3.05) is 26.2 Å². The molecule has 0 spiro atoms. The summed E-state index contributed by atoms with van der Waals surface area (Å²) in [6, 6.07) is 5.50. The Labute approximate surface area is 196 Å². The van der Waals surface area contributed by atoms with Gasteiger partial charge in [0.2, 0.25) is 5.91 Å². The molecule has 2 fully saturated rings. The van der Waals surface area contributed by atoms with E-state index in [1.165, 1.54) is 4.68 Å². The molecule has 168 valence electrons. The number of aromatic nitrogens is 2. The molecular weight excluding hydrogens is 520 g/mol. The maximum atomic E-state index is 13.3. The Bertz CT molecular complexity index is 986. The van der Waals surface area contributed by atoms with E-state index in [2.05, 4.69) is 25.9 Å². The largest absolute Gasteiger partial charge is 0.436 e. The molecule has 1 saturated heterocycles. The van der Waals surface area contributed by atoms with E-state index in [9.17, 15) is 18.0 Å². The zero-order valence-electron chi connectivity index (χ0n) is 16.4. The van der Waals surface area contributed by atoms with E-state index in [-0.39, 0.29) is 22.8 Å². The molecule has 0 atom stereocenters. The Morgan fingerprint density at radius 3 is 2.39 bits per heavy atom. The van der Waals surface area contributed by atoms with Gasteiger partial charge in [0.05, 0.1) is 20.2 Å². The Morgan fingerprint density at radius 2 is 1.81 bits per heavy atom. The van der Waals surface area contributed by atoms with E-state index in [4.69, 9.17) is 23.2 Å². The van der Waals surface area contributed by atoms with Crippen LogP contribution in [0.1, 0.15) is 35.7 Å². The zero-order valence-corrected chi connectivity index (χ0v) is 19.5. The van der Waals surface area contributed by atoms with Gasteiger partial charge in [-0.2, -0.15) is 18.3 Å². The van der Waals surface area contributed by atoms with E-state index in [1.807, 2.05) is 12.1 Å². The zero-order chi connectivity index (χ0) is 22.3. The fourth-order valence-corrected chi connectivity index (χ4v) is 4.93. The van der Waals surface area contributed by atoms with Gasteiger partial charge in [-0.1, -0.05) is 29.3 Å². The van der Waals surface area contributed by atoms with Gasteiger partial charge in [0.1, 0.15) is 6.54 Å². The Hall–Kier alpha value is -1.29. The number of carbonyl (C=O) groups excluding carboxylic acids is 1. The van der Waals surface area contributed by atoms with Crippen molar-refractivity contribution in [2.45, 2.75) is 38.0 Å². The number of amides is 1. The third-order valence-electron chi connectivity index (χ3n) is 5.56. The Morgan fingerprint density at radius 1 is 1.13 bits per heavy atom. The minimum Gasteiger partial charge on any atom is -0.339 e. The van der Waals surface area contributed by atoms with Gasteiger partial charge in [-0.3, -0.25) is 14.4 Å². The number of piperazine rings is 1. The summed E-state index contributed by atoms with van der Waals surface area (Å²) in [5.41, 5.74) is 0.539. The smallest absolute Gasteiger partial charge is 0.339 e. The van der Waals surface area contributed by atoms with E-state index in [1.54, 1.807) is 11.0 Å². The van der Waals surface area contributed by atoms with Gasteiger partial charge in [0.15, 0.2) is 5.69 Å². The van der Waals surface area contributed by atoms with Crippen LogP contribution in [0.15, 0.2) is 22.7 Å². The SMILES string of the molecule is O=C(Cn1nc(C(F)(F)F)c(Br)c1C1CC1)N1CCN(Cc2ccc(Cl)c(Cl)c2)CC1. The number of rotatable bonds is 5. The topological polar surface area (TPSA) is 41.4 Å². The second-order valence-electron chi connectivity index (χ2n) is 7.88. The van der Waals surface area contributed by atoms with Gasteiger partial charge in [0.25, 0.3) is 0 Å². The fraction of sp³-hybridized carbons (Fsp3) is 0.500.